The molecule has 51 heavy (non-hydrogen) atoms. The molecular weight excluding hydrogens is 643 g/mol. The van der Waals surface area contributed by atoms with Gasteiger partial charge in [0.1, 0.15) is 11.2 Å². The van der Waals surface area contributed by atoms with Crippen molar-refractivity contribution < 1.29 is 4.42 Å². The van der Waals surface area contributed by atoms with Gasteiger partial charge in [-0.1, -0.05) is 109 Å². The van der Waals surface area contributed by atoms with Crippen LogP contribution >= 0.6 is 11.3 Å². The highest BCUT2D eigenvalue weighted by molar-refractivity contribution is 7.26. The van der Waals surface area contributed by atoms with E-state index in [0.29, 0.717) is 5.95 Å². The third-order valence-corrected chi connectivity index (χ3v) is 11.8. The third-order valence-electron chi connectivity index (χ3n) is 10.6. The molecule has 0 amide bonds. The highest BCUT2D eigenvalue weighted by Crippen LogP contribution is 2.43. The van der Waals surface area contributed by atoms with E-state index in [9.17, 15) is 0 Å². The summed E-state index contributed by atoms with van der Waals surface area (Å²) in [5.74, 6) is 0.635. The summed E-state index contributed by atoms with van der Waals surface area (Å²) in [5, 5.41) is 12.8. The summed E-state index contributed by atoms with van der Waals surface area (Å²) in [7, 11) is 0. The maximum Gasteiger partial charge on any atom is 0.235 e. The monoisotopic (exact) mass is 667 g/mol. The van der Waals surface area contributed by atoms with Crippen molar-refractivity contribution in [1.29, 1.82) is 0 Å². The Kier molecular flexibility index (Phi) is 5.35. The number of hydrogen-bond acceptors (Lipinski definition) is 4. The van der Waals surface area contributed by atoms with Crippen molar-refractivity contribution in [2.75, 3.05) is 0 Å². The van der Waals surface area contributed by atoms with Crippen molar-refractivity contribution in [2.24, 2.45) is 0 Å². The Hall–Kier alpha value is -6.56. The van der Waals surface area contributed by atoms with Crippen molar-refractivity contribution >= 4 is 108 Å². The zero-order chi connectivity index (χ0) is 33.2. The van der Waals surface area contributed by atoms with Crippen LogP contribution in [0.15, 0.2) is 156 Å². The van der Waals surface area contributed by atoms with Gasteiger partial charge < -0.3 is 4.42 Å². The summed E-state index contributed by atoms with van der Waals surface area (Å²) < 4.78 is 11.5. The van der Waals surface area contributed by atoms with Crippen LogP contribution in [0.3, 0.4) is 0 Å². The number of hydrogen-bond donors (Lipinski definition) is 0. The molecule has 0 aliphatic heterocycles. The van der Waals surface area contributed by atoms with E-state index in [-0.39, 0.29) is 0 Å². The van der Waals surface area contributed by atoms with Gasteiger partial charge >= 0.3 is 0 Å². The van der Waals surface area contributed by atoms with Crippen LogP contribution in [0.1, 0.15) is 0 Å². The highest BCUT2D eigenvalue weighted by atomic mass is 32.1. The van der Waals surface area contributed by atoms with E-state index in [4.69, 9.17) is 14.4 Å². The minimum atomic E-state index is 0.635. The molecule has 4 aromatic heterocycles. The predicted molar refractivity (Wildman–Crippen MR) is 214 cm³/mol. The molecule has 0 atom stereocenters. The zero-order valence-electron chi connectivity index (χ0n) is 27.1. The topological polar surface area (TPSA) is 43.9 Å². The number of fused-ring (bicyclic) bond motifs is 14. The van der Waals surface area contributed by atoms with Gasteiger partial charge in [0, 0.05) is 63.4 Å². The smallest absolute Gasteiger partial charge is 0.235 e. The molecule has 4 nitrogen and oxygen atoms in total. The second kappa shape index (κ2) is 10.0. The second-order valence-corrected chi connectivity index (χ2v) is 14.4. The lowest BCUT2D eigenvalue weighted by atomic mass is 10.0. The number of benzene rings is 8. The first-order valence-electron chi connectivity index (χ1n) is 17.2. The molecule has 0 saturated heterocycles. The third kappa shape index (κ3) is 3.73. The summed E-state index contributed by atoms with van der Waals surface area (Å²) in [6.07, 6.45) is 0. The maximum absolute atomic E-state index is 6.59. The van der Waals surface area contributed by atoms with E-state index in [1.165, 1.54) is 41.7 Å². The first-order chi connectivity index (χ1) is 25.3. The number of aromatic nitrogens is 3. The molecule has 0 aliphatic carbocycles. The summed E-state index contributed by atoms with van der Waals surface area (Å²) >= 11 is 1.86. The Morgan fingerprint density at radius 3 is 2.16 bits per heavy atom. The van der Waals surface area contributed by atoms with Gasteiger partial charge in [-0.2, -0.15) is 0 Å². The molecule has 0 N–H and O–H groups in total. The van der Waals surface area contributed by atoms with Gasteiger partial charge in [0.15, 0.2) is 0 Å². The van der Waals surface area contributed by atoms with Crippen LogP contribution in [-0.4, -0.2) is 14.5 Å². The number of para-hydroxylation sites is 3. The summed E-state index contributed by atoms with van der Waals surface area (Å²) in [6.45, 7) is 0. The van der Waals surface area contributed by atoms with Gasteiger partial charge in [-0.25, -0.2) is 9.97 Å². The normalized spacial score (nSPS) is 12.3. The minimum absolute atomic E-state index is 0.635. The fourth-order valence-corrected chi connectivity index (χ4v) is 9.51. The average molecular weight is 668 g/mol. The van der Waals surface area contributed by atoms with Crippen LogP contribution in [0, 0.1) is 0 Å². The van der Waals surface area contributed by atoms with Gasteiger partial charge in [-0.15, -0.1) is 11.3 Å². The fourth-order valence-electron chi connectivity index (χ4n) is 8.28. The van der Waals surface area contributed by atoms with Crippen LogP contribution in [-0.2, 0) is 0 Å². The van der Waals surface area contributed by atoms with Crippen LogP contribution in [0.25, 0.3) is 114 Å². The molecule has 0 saturated carbocycles. The minimum Gasteiger partial charge on any atom is -0.455 e. The molecule has 236 valence electrons. The molecule has 8 aromatic carbocycles. The summed E-state index contributed by atoms with van der Waals surface area (Å²) in [4.78, 5) is 11.0. The molecule has 0 radical (unpaired) electrons. The van der Waals surface area contributed by atoms with Crippen LogP contribution in [0.4, 0.5) is 0 Å². The highest BCUT2D eigenvalue weighted by Gasteiger charge is 2.22. The van der Waals surface area contributed by atoms with Crippen molar-refractivity contribution in [1.82, 2.24) is 14.5 Å². The number of nitrogens with zero attached hydrogens (tertiary/aromatic N) is 3. The van der Waals surface area contributed by atoms with E-state index in [0.717, 1.165) is 65.9 Å². The lowest BCUT2D eigenvalue weighted by Crippen LogP contribution is -2.04. The van der Waals surface area contributed by atoms with Crippen molar-refractivity contribution in [3.05, 3.63) is 152 Å². The number of thiophene rings is 1. The summed E-state index contributed by atoms with van der Waals surface area (Å²) in [5.41, 5.74) is 6.57. The predicted octanol–water partition coefficient (Wildman–Crippen LogP) is 13.0. The molecule has 12 aromatic rings. The molecule has 0 fully saturated rings. The van der Waals surface area contributed by atoms with Gasteiger partial charge in [-0.05, 0) is 53.2 Å². The van der Waals surface area contributed by atoms with E-state index in [2.05, 4.69) is 144 Å². The van der Waals surface area contributed by atoms with E-state index in [1.54, 1.807) is 0 Å². The van der Waals surface area contributed by atoms with Gasteiger partial charge in [-0.3, -0.25) is 4.57 Å². The van der Waals surface area contributed by atoms with E-state index < -0.39 is 0 Å². The van der Waals surface area contributed by atoms with Gasteiger partial charge in [0.05, 0.1) is 22.2 Å². The molecular formula is C46H25N3OS. The van der Waals surface area contributed by atoms with E-state index in [1.807, 2.05) is 23.5 Å². The molecule has 0 bridgehead atoms. The van der Waals surface area contributed by atoms with Crippen molar-refractivity contribution in [3.63, 3.8) is 0 Å². The van der Waals surface area contributed by atoms with Crippen LogP contribution in [0.2, 0.25) is 0 Å². The van der Waals surface area contributed by atoms with E-state index >= 15 is 0 Å². The first kappa shape index (κ1) is 27.3. The van der Waals surface area contributed by atoms with Crippen LogP contribution in [0.5, 0.6) is 0 Å². The van der Waals surface area contributed by atoms with Crippen molar-refractivity contribution in [2.45, 2.75) is 0 Å². The average Bonchev–Trinajstić information content (AvgIpc) is 3.86. The molecule has 12 rings (SSSR count). The maximum atomic E-state index is 6.59. The molecule has 4 heterocycles. The molecule has 0 spiro atoms. The Bertz CT molecular complexity index is 3440. The van der Waals surface area contributed by atoms with Crippen LogP contribution < -0.4 is 0 Å². The Morgan fingerprint density at radius 1 is 0.471 bits per heavy atom. The Labute approximate surface area is 294 Å². The van der Waals surface area contributed by atoms with Crippen molar-refractivity contribution in [3.8, 4) is 17.2 Å². The van der Waals surface area contributed by atoms with Gasteiger partial charge in [0.2, 0.25) is 5.95 Å². The Morgan fingerprint density at radius 2 is 1.22 bits per heavy atom. The van der Waals surface area contributed by atoms with Gasteiger partial charge in [0.25, 0.3) is 0 Å². The SMILES string of the molecule is c1ccc2c(c1)ccc1c(-c3cccc4c3oc3ccccc34)nc(-n3c4ccccc4c4cc5ccc6c7ccccc7sc6c5cc43)nc12. The quantitative estimate of drug-likeness (QED) is 0.172. The zero-order valence-corrected chi connectivity index (χ0v) is 27.9. The standard InChI is InChI=1S/C46H25N3OS/c1-2-11-28-26(10-1)20-23-34-42(28)47-46(48-43(34)35-16-9-15-32-30-13-4-7-18-40(30)50-44(32)35)49-38-17-6-3-12-29(38)37-24-27-21-22-33-31-14-5-8-19-41(31)51-45(33)36(27)25-39(37)49/h1-25H. The lowest BCUT2D eigenvalue weighted by Gasteiger charge is -2.13. The number of rotatable bonds is 2. The lowest BCUT2D eigenvalue weighted by molar-refractivity contribution is 0.670. The molecule has 5 heteroatoms. The largest absolute Gasteiger partial charge is 0.455 e. The Balaban J connectivity index is 1.24. The fraction of sp³-hybridized carbons (Fsp3) is 0. The second-order valence-electron chi connectivity index (χ2n) is 13.3. The number of furan rings is 1. The molecule has 0 unspecified atom stereocenters. The first-order valence-corrected chi connectivity index (χ1v) is 18.0. The molecule has 0 aliphatic rings. The summed E-state index contributed by atoms with van der Waals surface area (Å²) in [6, 6.07) is 54.0.